The van der Waals surface area contributed by atoms with Crippen LogP contribution in [0.3, 0.4) is 0 Å². The molecule has 2 aromatic rings. The van der Waals surface area contributed by atoms with Crippen LogP contribution in [-0.2, 0) is 6.54 Å². The lowest BCUT2D eigenvalue weighted by Gasteiger charge is -2.24. The number of benzene rings is 2. The number of ether oxygens (including phenoxy) is 1. The zero-order valence-corrected chi connectivity index (χ0v) is 14.6. The maximum atomic E-state index is 13.0. The fourth-order valence-electron chi connectivity index (χ4n) is 2.61. The molecule has 0 heterocycles. The first-order chi connectivity index (χ1) is 12.6. The summed E-state index contributed by atoms with van der Waals surface area (Å²) in [5, 5.41) is 11.3. The Morgan fingerprint density at radius 2 is 1.81 bits per heavy atom. The van der Waals surface area contributed by atoms with E-state index in [1.807, 2.05) is 0 Å². The van der Waals surface area contributed by atoms with Crippen LogP contribution in [0.5, 0.6) is 5.75 Å². The van der Waals surface area contributed by atoms with E-state index in [0.717, 1.165) is 6.07 Å². The lowest BCUT2D eigenvalue weighted by atomic mass is 10.1. The van der Waals surface area contributed by atoms with Gasteiger partial charge in [0.15, 0.2) is 0 Å². The SMILES string of the molecule is COc1ccc(CN(CC(F)(F)F)C(=O)c2cccc(C)c2[N+](=O)[O-])cc1. The van der Waals surface area contributed by atoms with Gasteiger partial charge in [0.05, 0.1) is 12.0 Å². The number of alkyl halides is 3. The highest BCUT2D eigenvalue weighted by Gasteiger charge is 2.35. The lowest BCUT2D eigenvalue weighted by molar-refractivity contribution is -0.385. The van der Waals surface area contributed by atoms with Crippen LogP contribution in [0.2, 0.25) is 0 Å². The monoisotopic (exact) mass is 382 g/mol. The second-order valence-corrected chi connectivity index (χ2v) is 5.85. The predicted octanol–water partition coefficient (Wildman–Crippen LogP) is 4.12. The summed E-state index contributed by atoms with van der Waals surface area (Å²) in [7, 11) is 1.45. The quantitative estimate of drug-likeness (QED) is 0.557. The minimum Gasteiger partial charge on any atom is -0.497 e. The van der Waals surface area contributed by atoms with Gasteiger partial charge in [0.1, 0.15) is 17.9 Å². The summed E-state index contributed by atoms with van der Waals surface area (Å²) in [5.74, 6) is -0.541. The fraction of sp³-hybridized carbons (Fsp3) is 0.278. The number of amides is 1. The topological polar surface area (TPSA) is 72.7 Å². The van der Waals surface area contributed by atoms with Crippen molar-refractivity contribution in [3.05, 3.63) is 69.3 Å². The maximum Gasteiger partial charge on any atom is 0.406 e. The van der Waals surface area contributed by atoms with E-state index in [9.17, 15) is 28.1 Å². The first-order valence-electron chi connectivity index (χ1n) is 7.85. The number of carbonyl (C=O) groups excluding carboxylic acids is 1. The molecule has 2 aromatic carbocycles. The maximum absolute atomic E-state index is 13.0. The van der Waals surface area contributed by atoms with Gasteiger partial charge in [-0.2, -0.15) is 13.2 Å². The van der Waals surface area contributed by atoms with E-state index >= 15 is 0 Å². The highest BCUT2D eigenvalue weighted by molar-refractivity contribution is 5.98. The third-order valence-corrected chi connectivity index (χ3v) is 3.84. The Morgan fingerprint density at radius 1 is 1.19 bits per heavy atom. The number of methoxy groups -OCH3 is 1. The van der Waals surface area contributed by atoms with Crippen molar-refractivity contribution in [1.29, 1.82) is 0 Å². The highest BCUT2D eigenvalue weighted by Crippen LogP contribution is 2.27. The number of nitro groups is 1. The van der Waals surface area contributed by atoms with E-state index in [-0.39, 0.29) is 17.7 Å². The number of nitrogens with zero attached hydrogens (tertiary/aromatic N) is 2. The third-order valence-electron chi connectivity index (χ3n) is 3.84. The van der Waals surface area contributed by atoms with E-state index < -0.39 is 29.2 Å². The van der Waals surface area contributed by atoms with Crippen molar-refractivity contribution in [1.82, 2.24) is 4.90 Å². The summed E-state index contributed by atoms with van der Waals surface area (Å²) < 4.78 is 44.0. The standard InChI is InChI=1S/C18H17F3N2O4/c1-12-4-3-5-15(16(12)23(25)26)17(24)22(11-18(19,20)21)10-13-6-8-14(27-2)9-7-13/h3-9H,10-11H2,1-2H3. The summed E-state index contributed by atoms with van der Waals surface area (Å²) in [4.78, 5) is 23.8. The van der Waals surface area contributed by atoms with Crippen molar-refractivity contribution in [2.75, 3.05) is 13.7 Å². The van der Waals surface area contributed by atoms with Crippen molar-refractivity contribution < 1.29 is 27.6 Å². The summed E-state index contributed by atoms with van der Waals surface area (Å²) >= 11 is 0. The molecular formula is C18H17F3N2O4. The number of carbonyl (C=O) groups is 1. The van der Waals surface area contributed by atoms with Gasteiger partial charge in [0.2, 0.25) is 0 Å². The zero-order valence-electron chi connectivity index (χ0n) is 14.6. The molecule has 0 N–H and O–H groups in total. The van der Waals surface area contributed by atoms with Crippen LogP contribution in [0, 0.1) is 17.0 Å². The Bertz CT molecular complexity index is 835. The first kappa shape index (κ1) is 20.2. The van der Waals surface area contributed by atoms with Crippen LogP contribution < -0.4 is 4.74 Å². The minimum absolute atomic E-state index is 0.197. The van der Waals surface area contributed by atoms with Gasteiger partial charge in [-0.3, -0.25) is 14.9 Å². The molecular weight excluding hydrogens is 365 g/mol. The Labute approximate surface area is 153 Å². The molecule has 6 nitrogen and oxygen atoms in total. The zero-order chi connectivity index (χ0) is 20.2. The van der Waals surface area contributed by atoms with Crippen LogP contribution in [0.15, 0.2) is 42.5 Å². The Kier molecular flexibility index (Phi) is 6.04. The molecule has 0 fully saturated rings. The molecule has 1 amide bonds. The first-order valence-corrected chi connectivity index (χ1v) is 7.85. The molecule has 0 radical (unpaired) electrons. The van der Waals surface area contributed by atoms with Crippen molar-refractivity contribution in [2.45, 2.75) is 19.6 Å². The molecule has 0 aromatic heterocycles. The van der Waals surface area contributed by atoms with Gasteiger partial charge in [-0.05, 0) is 30.7 Å². The summed E-state index contributed by atoms with van der Waals surface area (Å²) in [6.07, 6.45) is -4.65. The Balaban J connectivity index is 2.40. The number of halogens is 3. The van der Waals surface area contributed by atoms with Crippen molar-refractivity contribution >= 4 is 11.6 Å². The Morgan fingerprint density at radius 3 is 2.33 bits per heavy atom. The van der Waals surface area contributed by atoms with Gasteiger partial charge in [0, 0.05) is 12.1 Å². The van der Waals surface area contributed by atoms with Crippen molar-refractivity contribution in [3.63, 3.8) is 0 Å². The lowest BCUT2D eigenvalue weighted by Crippen LogP contribution is -2.38. The second kappa shape index (κ2) is 8.07. The molecule has 0 bridgehead atoms. The van der Waals surface area contributed by atoms with Gasteiger partial charge in [0.25, 0.3) is 11.6 Å². The number of hydrogen-bond donors (Lipinski definition) is 0. The van der Waals surface area contributed by atoms with E-state index in [1.54, 1.807) is 12.1 Å². The molecule has 144 valence electrons. The molecule has 0 spiro atoms. The number of hydrogen-bond acceptors (Lipinski definition) is 4. The van der Waals surface area contributed by atoms with Crippen LogP contribution in [0.4, 0.5) is 18.9 Å². The fourth-order valence-corrected chi connectivity index (χ4v) is 2.61. The van der Waals surface area contributed by atoms with Crippen LogP contribution in [0.1, 0.15) is 21.5 Å². The summed E-state index contributed by atoms with van der Waals surface area (Å²) in [6, 6.07) is 10.1. The summed E-state index contributed by atoms with van der Waals surface area (Å²) in [6.45, 7) is -0.455. The molecule has 2 rings (SSSR count). The van der Waals surface area contributed by atoms with Crippen molar-refractivity contribution in [2.24, 2.45) is 0 Å². The van der Waals surface area contributed by atoms with Gasteiger partial charge in [-0.1, -0.05) is 24.3 Å². The van der Waals surface area contributed by atoms with Gasteiger partial charge < -0.3 is 9.64 Å². The summed E-state index contributed by atoms with van der Waals surface area (Å²) in [5.41, 5.74) is -0.242. The molecule has 0 unspecified atom stereocenters. The van der Waals surface area contributed by atoms with Gasteiger partial charge >= 0.3 is 6.18 Å². The molecule has 0 aliphatic carbocycles. The second-order valence-electron chi connectivity index (χ2n) is 5.85. The third kappa shape index (κ3) is 5.19. The number of nitro benzene ring substituents is 1. The van der Waals surface area contributed by atoms with E-state index in [1.165, 1.54) is 38.3 Å². The van der Waals surface area contributed by atoms with E-state index in [0.29, 0.717) is 16.2 Å². The minimum atomic E-state index is -4.65. The average molecular weight is 382 g/mol. The molecule has 9 heteroatoms. The number of rotatable bonds is 6. The largest absolute Gasteiger partial charge is 0.497 e. The smallest absolute Gasteiger partial charge is 0.406 e. The van der Waals surface area contributed by atoms with Crippen LogP contribution in [-0.4, -0.2) is 35.6 Å². The predicted molar refractivity (Wildman–Crippen MR) is 91.6 cm³/mol. The van der Waals surface area contributed by atoms with E-state index in [2.05, 4.69) is 0 Å². The molecule has 0 aliphatic rings. The van der Waals surface area contributed by atoms with Gasteiger partial charge in [-0.15, -0.1) is 0 Å². The normalized spacial score (nSPS) is 11.1. The molecule has 0 saturated heterocycles. The molecule has 0 saturated carbocycles. The van der Waals surface area contributed by atoms with E-state index in [4.69, 9.17) is 4.74 Å². The molecule has 0 aliphatic heterocycles. The number of para-hydroxylation sites is 1. The van der Waals surface area contributed by atoms with Gasteiger partial charge in [-0.25, -0.2) is 0 Å². The molecule has 0 atom stereocenters. The highest BCUT2D eigenvalue weighted by atomic mass is 19.4. The average Bonchev–Trinajstić information content (AvgIpc) is 2.59. The molecule has 27 heavy (non-hydrogen) atoms. The van der Waals surface area contributed by atoms with Crippen molar-refractivity contribution in [3.8, 4) is 5.75 Å². The van der Waals surface area contributed by atoms with Crippen LogP contribution in [0.25, 0.3) is 0 Å². The Hall–Kier alpha value is -3.10. The van der Waals surface area contributed by atoms with Crippen LogP contribution >= 0.6 is 0 Å². The number of aryl methyl sites for hydroxylation is 1.